The van der Waals surface area contributed by atoms with Gasteiger partial charge >= 0.3 is 0 Å². The van der Waals surface area contributed by atoms with Crippen LogP contribution >= 0.6 is 15.9 Å². The number of aromatic nitrogens is 1. The van der Waals surface area contributed by atoms with Crippen LogP contribution in [0, 0.1) is 12.8 Å². The summed E-state index contributed by atoms with van der Waals surface area (Å²) in [6, 6.07) is 3.86. The molecule has 0 radical (unpaired) electrons. The fourth-order valence-electron chi connectivity index (χ4n) is 1.49. The number of anilines is 1. The van der Waals surface area contributed by atoms with Crippen LogP contribution < -0.4 is 5.32 Å². The summed E-state index contributed by atoms with van der Waals surface area (Å²) in [5.41, 5.74) is 0.948. The number of nitrogens with one attached hydrogen (secondary N) is 1. The normalized spacial score (nSPS) is 12.9. The molecule has 2 N–H and O–H groups in total. The van der Waals surface area contributed by atoms with Gasteiger partial charge in [0.1, 0.15) is 5.82 Å². The molecule has 0 aliphatic heterocycles. The minimum atomic E-state index is -0.314. The summed E-state index contributed by atoms with van der Waals surface area (Å²) >= 11 is 3.40. The average Bonchev–Trinajstić information content (AvgIpc) is 2.19. The molecule has 0 amide bonds. The molecule has 90 valence electrons. The lowest BCUT2D eigenvalue weighted by Gasteiger charge is -2.14. The zero-order valence-corrected chi connectivity index (χ0v) is 11.6. The summed E-state index contributed by atoms with van der Waals surface area (Å²) in [6.07, 6.45) is 0.494. The smallest absolute Gasteiger partial charge is 0.126 e. The molecular formula is C12H19BrN2O. The molecule has 1 aromatic rings. The second-order valence-corrected chi connectivity index (χ2v) is 5.28. The third-order valence-electron chi connectivity index (χ3n) is 2.28. The lowest BCUT2D eigenvalue weighted by molar-refractivity contribution is 0.161. The first kappa shape index (κ1) is 13.5. The Balaban J connectivity index is 2.45. The Morgan fingerprint density at radius 1 is 1.44 bits per heavy atom. The Kier molecular flexibility index (Phi) is 5.22. The van der Waals surface area contributed by atoms with Crippen LogP contribution in [-0.4, -0.2) is 22.7 Å². The number of rotatable bonds is 5. The number of pyridine rings is 1. The van der Waals surface area contributed by atoms with Crippen molar-refractivity contribution >= 4 is 21.7 Å². The minimum Gasteiger partial charge on any atom is -0.391 e. The van der Waals surface area contributed by atoms with Gasteiger partial charge in [-0.3, -0.25) is 0 Å². The van der Waals surface area contributed by atoms with Gasteiger partial charge in [0.05, 0.1) is 11.8 Å². The molecule has 0 saturated carbocycles. The van der Waals surface area contributed by atoms with Crippen molar-refractivity contribution in [2.24, 2.45) is 5.92 Å². The monoisotopic (exact) mass is 286 g/mol. The molecule has 1 aromatic heterocycles. The predicted octanol–water partition coefficient (Wildman–Crippen LogP) is 2.97. The number of aliphatic hydroxyl groups is 1. The maximum Gasteiger partial charge on any atom is 0.126 e. The van der Waals surface area contributed by atoms with Gasteiger partial charge in [-0.1, -0.05) is 13.8 Å². The number of halogens is 1. The van der Waals surface area contributed by atoms with Gasteiger partial charge in [-0.15, -0.1) is 0 Å². The third-order valence-corrected chi connectivity index (χ3v) is 3.12. The maximum absolute atomic E-state index is 9.71. The van der Waals surface area contributed by atoms with Gasteiger partial charge in [0, 0.05) is 11.0 Å². The highest BCUT2D eigenvalue weighted by Crippen LogP contribution is 2.16. The maximum atomic E-state index is 9.71. The highest BCUT2D eigenvalue weighted by Gasteiger charge is 2.07. The highest BCUT2D eigenvalue weighted by atomic mass is 79.9. The molecule has 0 bridgehead atoms. The molecule has 3 nitrogen and oxygen atoms in total. The van der Waals surface area contributed by atoms with Crippen LogP contribution in [0.3, 0.4) is 0 Å². The zero-order valence-electron chi connectivity index (χ0n) is 10.00. The number of hydrogen-bond donors (Lipinski definition) is 2. The molecule has 0 spiro atoms. The Morgan fingerprint density at radius 2 is 2.12 bits per heavy atom. The lowest BCUT2D eigenvalue weighted by Crippen LogP contribution is -2.21. The van der Waals surface area contributed by atoms with Crippen molar-refractivity contribution in [1.82, 2.24) is 4.98 Å². The second kappa shape index (κ2) is 6.21. The molecule has 4 heteroatoms. The van der Waals surface area contributed by atoms with E-state index in [1.807, 2.05) is 19.1 Å². The van der Waals surface area contributed by atoms with E-state index in [2.05, 4.69) is 40.1 Å². The van der Waals surface area contributed by atoms with Crippen molar-refractivity contribution in [3.05, 3.63) is 22.3 Å². The fourth-order valence-corrected chi connectivity index (χ4v) is 1.71. The number of nitrogens with zero attached hydrogens (tertiary/aromatic N) is 1. The van der Waals surface area contributed by atoms with Gasteiger partial charge in [0.25, 0.3) is 0 Å². The van der Waals surface area contributed by atoms with E-state index in [1.165, 1.54) is 0 Å². The summed E-state index contributed by atoms with van der Waals surface area (Å²) in [5.74, 6) is 1.32. The van der Waals surface area contributed by atoms with Gasteiger partial charge in [-0.05, 0) is 47.3 Å². The van der Waals surface area contributed by atoms with Crippen LogP contribution in [-0.2, 0) is 0 Å². The van der Waals surface area contributed by atoms with Crippen LogP contribution in [0.4, 0.5) is 5.82 Å². The van der Waals surface area contributed by atoms with Crippen LogP contribution in [0.5, 0.6) is 0 Å². The van der Waals surface area contributed by atoms with E-state index in [-0.39, 0.29) is 6.10 Å². The van der Waals surface area contributed by atoms with Crippen LogP contribution in [0.15, 0.2) is 16.6 Å². The third kappa shape index (κ3) is 4.49. The van der Waals surface area contributed by atoms with Gasteiger partial charge in [-0.25, -0.2) is 4.98 Å². The first-order chi connectivity index (χ1) is 7.49. The van der Waals surface area contributed by atoms with Crippen molar-refractivity contribution < 1.29 is 5.11 Å². The molecule has 16 heavy (non-hydrogen) atoms. The van der Waals surface area contributed by atoms with Crippen molar-refractivity contribution in [2.75, 3.05) is 11.9 Å². The van der Waals surface area contributed by atoms with Crippen molar-refractivity contribution in [2.45, 2.75) is 33.3 Å². The van der Waals surface area contributed by atoms with Crippen molar-refractivity contribution in [3.63, 3.8) is 0 Å². The lowest BCUT2D eigenvalue weighted by atomic mass is 10.1. The zero-order chi connectivity index (χ0) is 12.1. The Hall–Kier alpha value is -0.610. The van der Waals surface area contributed by atoms with Crippen LogP contribution in [0.2, 0.25) is 0 Å². The molecular weight excluding hydrogens is 268 g/mol. The Bertz CT molecular complexity index is 342. The second-order valence-electron chi connectivity index (χ2n) is 4.43. The highest BCUT2D eigenvalue weighted by molar-refractivity contribution is 9.10. The molecule has 0 saturated heterocycles. The van der Waals surface area contributed by atoms with Gasteiger partial charge in [-0.2, -0.15) is 0 Å². The van der Waals surface area contributed by atoms with E-state index >= 15 is 0 Å². The van der Waals surface area contributed by atoms with Gasteiger partial charge in [0.2, 0.25) is 0 Å². The van der Waals surface area contributed by atoms with E-state index in [0.29, 0.717) is 12.5 Å². The van der Waals surface area contributed by atoms with E-state index in [9.17, 15) is 5.11 Å². The molecule has 0 aromatic carbocycles. The van der Waals surface area contributed by atoms with E-state index in [0.717, 1.165) is 22.4 Å². The minimum absolute atomic E-state index is 0.314. The van der Waals surface area contributed by atoms with Crippen molar-refractivity contribution in [1.29, 1.82) is 0 Å². The average molecular weight is 287 g/mol. The molecule has 1 heterocycles. The van der Waals surface area contributed by atoms with E-state index in [4.69, 9.17) is 0 Å². The molecule has 1 rings (SSSR count). The predicted molar refractivity (Wildman–Crippen MR) is 70.6 cm³/mol. The summed E-state index contributed by atoms with van der Waals surface area (Å²) < 4.78 is 1.00. The summed E-state index contributed by atoms with van der Waals surface area (Å²) in [4.78, 5) is 4.35. The first-order valence-corrected chi connectivity index (χ1v) is 6.33. The number of hydrogen-bond acceptors (Lipinski definition) is 3. The van der Waals surface area contributed by atoms with E-state index < -0.39 is 0 Å². The molecule has 0 aliphatic rings. The summed E-state index contributed by atoms with van der Waals surface area (Å²) in [7, 11) is 0. The SMILES string of the molecule is Cc1nc(NCC(O)CC(C)C)ccc1Br. The molecule has 0 aliphatic carbocycles. The standard InChI is InChI=1S/C12H19BrN2O/c1-8(2)6-10(16)7-14-12-5-4-11(13)9(3)15-12/h4-5,8,10,16H,6-7H2,1-3H3,(H,14,15). The first-order valence-electron chi connectivity index (χ1n) is 5.54. The Labute approximate surface area is 105 Å². The topological polar surface area (TPSA) is 45.2 Å². The summed E-state index contributed by atoms with van der Waals surface area (Å²) in [6.45, 7) is 6.70. The van der Waals surface area contributed by atoms with Crippen molar-refractivity contribution in [3.8, 4) is 0 Å². The van der Waals surface area contributed by atoms with E-state index in [1.54, 1.807) is 0 Å². The fraction of sp³-hybridized carbons (Fsp3) is 0.583. The number of aryl methyl sites for hydroxylation is 1. The van der Waals surface area contributed by atoms with Gasteiger partial charge in [0.15, 0.2) is 0 Å². The summed E-state index contributed by atoms with van der Waals surface area (Å²) in [5, 5.41) is 12.8. The van der Waals surface area contributed by atoms with Crippen LogP contribution in [0.1, 0.15) is 26.0 Å². The molecule has 1 atom stereocenters. The largest absolute Gasteiger partial charge is 0.391 e. The number of aliphatic hydroxyl groups excluding tert-OH is 1. The van der Waals surface area contributed by atoms with Crippen LogP contribution in [0.25, 0.3) is 0 Å². The molecule has 0 fully saturated rings. The van der Waals surface area contributed by atoms with Gasteiger partial charge < -0.3 is 10.4 Å². The Morgan fingerprint density at radius 3 is 2.69 bits per heavy atom. The molecule has 1 unspecified atom stereocenters. The quantitative estimate of drug-likeness (QED) is 0.875.